The molecule has 0 aromatic heterocycles. The Kier molecular flexibility index (Phi) is 3.85. The molecule has 3 heteroatoms. The Labute approximate surface area is 102 Å². The molecule has 0 aromatic carbocycles. The maximum absolute atomic E-state index is 12.0. The highest BCUT2D eigenvalue weighted by Crippen LogP contribution is 2.33. The van der Waals surface area contributed by atoms with Gasteiger partial charge in [0.2, 0.25) is 5.91 Å². The number of alkyl halides is 1. The quantitative estimate of drug-likeness (QED) is 0.726. The van der Waals surface area contributed by atoms with Gasteiger partial charge in [-0.05, 0) is 18.3 Å². The van der Waals surface area contributed by atoms with Crippen molar-refractivity contribution in [1.82, 2.24) is 4.90 Å². The van der Waals surface area contributed by atoms with Crippen molar-refractivity contribution in [3.05, 3.63) is 0 Å². The zero-order valence-electron chi connectivity index (χ0n) is 10.4. The predicted octanol–water partition coefficient (Wildman–Crippen LogP) is 2.91. The summed E-state index contributed by atoms with van der Waals surface area (Å²) in [6, 6.07) is 0.380. The predicted molar refractivity (Wildman–Crippen MR) is 67.1 cm³/mol. The van der Waals surface area contributed by atoms with Crippen molar-refractivity contribution < 1.29 is 4.79 Å². The minimum Gasteiger partial charge on any atom is -0.339 e. The first-order valence-electron chi connectivity index (χ1n) is 5.66. The fourth-order valence-electron chi connectivity index (χ4n) is 2.11. The van der Waals surface area contributed by atoms with Gasteiger partial charge in [-0.15, -0.1) is 0 Å². The molecule has 1 fully saturated rings. The van der Waals surface area contributed by atoms with E-state index in [-0.39, 0.29) is 11.3 Å². The van der Waals surface area contributed by atoms with Crippen LogP contribution < -0.4 is 0 Å². The van der Waals surface area contributed by atoms with Gasteiger partial charge in [-0.25, -0.2) is 0 Å². The summed E-state index contributed by atoms with van der Waals surface area (Å²) in [6.07, 6.45) is 0. The van der Waals surface area contributed by atoms with Gasteiger partial charge in [0, 0.05) is 23.8 Å². The minimum absolute atomic E-state index is 0.160. The second kappa shape index (κ2) is 4.44. The molecule has 1 aliphatic rings. The summed E-state index contributed by atoms with van der Waals surface area (Å²) in [5.41, 5.74) is 0.160. The van der Waals surface area contributed by atoms with Crippen molar-refractivity contribution in [3.8, 4) is 0 Å². The maximum Gasteiger partial charge on any atom is 0.226 e. The van der Waals surface area contributed by atoms with Gasteiger partial charge >= 0.3 is 0 Å². The molecular formula is C12H22BrNO. The van der Waals surface area contributed by atoms with Gasteiger partial charge in [0.05, 0.1) is 0 Å². The molecule has 1 saturated heterocycles. The van der Waals surface area contributed by atoms with Crippen molar-refractivity contribution in [3.63, 3.8) is 0 Å². The van der Waals surface area contributed by atoms with Crippen LogP contribution in [0.2, 0.25) is 0 Å². The molecule has 0 bridgehead atoms. The zero-order chi connectivity index (χ0) is 11.8. The van der Waals surface area contributed by atoms with E-state index < -0.39 is 0 Å². The number of carbonyl (C=O) groups excluding carboxylic acids is 1. The molecule has 1 heterocycles. The number of halogens is 1. The van der Waals surface area contributed by atoms with Gasteiger partial charge < -0.3 is 4.90 Å². The summed E-state index contributed by atoms with van der Waals surface area (Å²) in [4.78, 5) is 14.1. The topological polar surface area (TPSA) is 20.3 Å². The molecule has 0 saturated carbocycles. The van der Waals surface area contributed by atoms with E-state index in [1.54, 1.807) is 0 Å². The van der Waals surface area contributed by atoms with Gasteiger partial charge in [0.1, 0.15) is 0 Å². The third-order valence-electron chi connectivity index (χ3n) is 3.67. The molecule has 2 nitrogen and oxygen atoms in total. The van der Waals surface area contributed by atoms with Crippen LogP contribution in [0.5, 0.6) is 0 Å². The molecule has 1 rings (SSSR count). The highest BCUT2D eigenvalue weighted by Gasteiger charge is 2.41. The number of hydrogen-bond donors (Lipinski definition) is 0. The lowest BCUT2D eigenvalue weighted by molar-refractivity contribution is -0.132. The van der Waals surface area contributed by atoms with E-state index in [9.17, 15) is 4.79 Å². The van der Waals surface area contributed by atoms with Crippen molar-refractivity contribution in [2.24, 2.45) is 17.3 Å². The lowest BCUT2D eigenvalue weighted by Gasteiger charge is -2.32. The Morgan fingerprint density at radius 3 is 2.20 bits per heavy atom. The molecule has 15 heavy (non-hydrogen) atoms. The first kappa shape index (κ1) is 13.0. The average molecular weight is 276 g/mol. The largest absolute Gasteiger partial charge is 0.339 e. The van der Waals surface area contributed by atoms with Crippen LogP contribution in [0.25, 0.3) is 0 Å². The molecule has 1 aliphatic heterocycles. The SMILES string of the molecule is CC1C(=O)N(CC(C)(C)CBr)C(C)C1C. The van der Waals surface area contributed by atoms with E-state index in [2.05, 4.69) is 48.5 Å². The lowest BCUT2D eigenvalue weighted by atomic mass is 9.94. The van der Waals surface area contributed by atoms with Crippen LogP contribution in [0.3, 0.4) is 0 Å². The third-order valence-corrected chi connectivity index (χ3v) is 5.19. The van der Waals surface area contributed by atoms with E-state index in [0.29, 0.717) is 17.9 Å². The van der Waals surface area contributed by atoms with Crippen LogP contribution in [0.15, 0.2) is 0 Å². The van der Waals surface area contributed by atoms with Gasteiger partial charge in [-0.1, -0.05) is 43.6 Å². The summed E-state index contributed by atoms with van der Waals surface area (Å²) < 4.78 is 0. The molecule has 3 unspecified atom stereocenters. The molecule has 3 atom stereocenters. The van der Waals surface area contributed by atoms with Gasteiger partial charge in [-0.3, -0.25) is 4.79 Å². The molecule has 0 aromatic rings. The standard InChI is InChI=1S/C12H22BrNO/c1-8-9(2)11(15)14(10(8)3)7-12(4,5)6-13/h8-10H,6-7H2,1-5H3. The van der Waals surface area contributed by atoms with Crippen LogP contribution in [0.4, 0.5) is 0 Å². The van der Waals surface area contributed by atoms with E-state index in [1.165, 1.54) is 0 Å². The Balaban J connectivity index is 2.75. The second-order valence-electron chi connectivity index (χ2n) is 5.65. The highest BCUT2D eigenvalue weighted by molar-refractivity contribution is 9.09. The van der Waals surface area contributed by atoms with E-state index in [1.807, 2.05) is 6.92 Å². The van der Waals surface area contributed by atoms with Gasteiger partial charge in [0.25, 0.3) is 0 Å². The summed E-state index contributed by atoms with van der Waals surface area (Å²) >= 11 is 3.51. The number of hydrogen-bond acceptors (Lipinski definition) is 1. The molecule has 0 aliphatic carbocycles. The molecular weight excluding hydrogens is 254 g/mol. The highest BCUT2D eigenvalue weighted by atomic mass is 79.9. The molecule has 0 spiro atoms. The number of likely N-dealkylation sites (tertiary alicyclic amines) is 1. The molecule has 0 N–H and O–H groups in total. The Hall–Kier alpha value is -0.0500. The third kappa shape index (κ3) is 2.55. The first-order chi connectivity index (χ1) is 6.80. The zero-order valence-corrected chi connectivity index (χ0v) is 12.0. The Morgan fingerprint density at radius 1 is 1.33 bits per heavy atom. The number of nitrogens with zero attached hydrogens (tertiary/aromatic N) is 1. The summed E-state index contributed by atoms with van der Waals surface area (Å²) in [5, 5.41) is 0.930. The monoisotopic (exact) mass is 275 g/mol. The van der Waals surface area contributed by atoms with Crippen LogP contribution in [0, 0.1) is 17.3 Å². The second-order valence-corrected chi connectivity index (χ2v) is 6.21. The number of carbonyl (C=O) groups is 1. The van der Waals surface area contributed by atoms with Crippen LogP contribution in [0.1, 0.15) is 34.6 Å². The minimum atomic E-state index is 0.160. The van der Waals surface area contributed by atoms with Crippen molar-refractivity contribution in [1.29, 1.82) is 0 Å². The number of amides is 1. The van der Waals surface area contributed by atoms with Crippen LogP contribution in [-0.2, 0) is 4.79 Å². The number of rotatable bonds is 3. The van der Waals surface area contributed by atoms with Crippen molar-refractivity contribution >= 4 is 21.8 Å². The lowest BCUT2D eigenvalue weighted by Crippen LogP contribution is -2.41. The van der Waals surface area contributed by atoms with E-state index >= 15 is 0 Å². The van der Waals surface area contributed by atoms with E-state index in [0.717, 1.165) is 11.9 Å². The summed E-state index contributed by atoms with van der Waals surface area (Å²) in [5.74, 6) is 0.985. The molecule has 0 radical (unpaired) electrons. The van der Waals surface area contributed by atoms with Gasteiger partial charge in [-0.2, -0.15) is 0 Å². The average Bonchev–Trinajstić information content (AvgIpc) is 2.36. The van der Waals surface area contributed by atoms with Crippen LogP contribution >= 0.6 is 15.9 Å². The van der Waals surface area contributed by atoms with Crippen molar-refractivity contribution in [2.45, 2.75) is 40.7 Å². The maximum atomic E-state index is 12.0. The van der Waals surface area contributed by atoms with Gasteiger partial charge in [0.15, 0.2) is 0 Å². The summed E-state index contributed by atoms with van der Waals surface area (Å²) in [7, 11) is 0. The normalized spacial score (nSPS) is 32.5. The molecule has 88 valence electrons. The fraction of sp³-hybridized carbons (Fsp3) is 0.917. The van der Waals surface area contributed by atoms with Crippen LogP contribution in [-0.4, -0.2) is 28.7 Å². The Morgan fingerprint density at radius 2 is 1.87 bits per heavy atom. The van der Waals surface area contributed by atoms with E-state index in [4.69, 9.17) is 0 Å². The first-order valence-corrected chi connectivity index (χ1v) is 6.79. The smallest absolute Gasteiger partial charge is 0.226 e. The molecule has 1 amide bonds. The fourth-order valence-corrected chi connectivity index (χ4v) is 2.29. The summed E-state index contributed by atoms with van der Waals surface area (Å²) in [6.45, 7) is 11.6. The van der Waals surface area contributed by atoms with Crippen molar-refractivity contribution in [2.75, 3.05) is 11.9 Å². The Bertz CT molecular complexity index is 252.